The topological polar surface area (TPSA) is 81.4 Å². The monoisotopic (exact) mass is 294 g/mol. The van der Waals surface area contributed by atoms with E-state index in [-0.39, 0.29) is 10.7 Å². The highest BCUT2D eigenvalue weighted by Crippen LogP contribution is 2.29. The van der Waals surface area contributed by atoms with Crippen molar-refractivity contribution in [2.24, 2.45) is 5.73 Å². The fourth-order valence-electron chi connectivity index (χ4n) is 2.30. The fraction of sp³-hybridized carbons (Fsp3) is 0.909. The molecule has 0 unspecified atom stereocenters. The van der Waals surface area contributed by atoms with Gasteiger partial charge in [0.1, 0.15) is 0 Å². The van der Waals surface area contributed by atoms with E-state index in [9.17, 15) is 8.42 Å². The maximum atomic E-state index is 12.0. The third kappa shape index (κ3) is 4.46. The van der Waals surface area contributed by atoms with E-state index in [4.69, 9.17) is 22.7 Å². The summed E-state index contributed by atoms with van der Waals surface area (Å²) in [7, 11) is -1.80. The Bertz CT molecular complexity index is 376. The Labute approximate surface area is 115 Å². The second-order valence-corrected chi connectivity index (χ2v) is 7.06. The van der Waals surface area contributed by atoms with Crippen LogP contribution in [0.25, 0.3) is 0 Å². The molecule has 1 aliphatic rings. The maximum Gasteiger partial charge on any atom is 0.212 e. The molecule has 0 bridgehead atoms. The molecule has 0 aromatic carbocycles. The van der Waals surface area contributed by atoms with Crippen LogP contribution in [0.2, 0.25) is 0 Å². The van der Waals surface area contributed by atoms with E-state index in [0.29, 0.717) is 25.9 Å². The highest BCUT2D eigenvalue weighted by Gasteiger charge is 2.38. The number of nitrogens with one attached hydrogen (secondary N) is 1. The van der Waals surface area contributed by atoms with Gasteiger partial charge in [-0.25, -0.2) is 13.1 Å². The largest absolute Gasteiger partial charge is 0.392 e. The van der Waals surface area contributed by atoms with Gasteiger partial charge in [0.25, 0.3) is 0 Å². The standard InChI is InChI=1S/C11H22N2O3S2/c1-16-8-5-9-18(14,15)13-11(10(12)17)6-3-2-4-7-11/h13H,2-9H2,1H3,(H2,12,17). The van der Waals surface area contributed by atoms with Crippen molar-refractivity contribution >= 4 is 27.2 Å². The predicted molar refractivity (Wildman–Crippen MR) is 76.0 cm³/mol. The zero-order valence-electron chi connectivity index (χ0n) is 10.8. The van der Waals surface area contributed by atoms with Crippen LogP contribution in [0.5, 0.6) is 0 Å². The van der Waals surface area contributed by atoms with E-state index < -0.39 is 15.6 Å². The number of methoxy groups -OCH3 is 1. The first-order chi connectivity index (χ1) is 8.42. The summed E-state index contributed by atoms with van der Waals surface area (Å²) in [5.41, 5.74) is 5.04. The van der Waals surface area contributed by atoms with Gasteiger partial charge in [-0.05, 0) is 19.3 Å². The summed E-state index contributed by atoms with van der Waals surface area (Å²) >= 11 is 5.06. The van der Waals surface area contributed by atoms with Crippen molar-refractivity contribution in [1.82, 2.24) is 4.72 Å². The van der Waals surface area contributed by atoms with Crippen LogP contribution in [0, 0.1) is 0 Å². The molecule has 1 aliphatic carbocycles. The molecule has 1 fully saturated rings. The van der Waals surface area contributed by atoms with Gasteiger partial charge in [-0.2, -0.15) is 0 Å². The molecule has 1 saturated carbocycles. The molecule has 1 rings (SSSR count). The lowest BCUT2D eigenvalue weighted by Gasteiger charge is -2.36. The van der Waals surface area contributed by atoms with E-state index in [2.05, 4.69) is 4.72 Å². The Balaban J connectivity index is 2.68. The first-order valence-corrected chi connectivity index (χ1v) is 8.28. The fourth-order valence-corrected chi connectivity index (χ4v) is 4.13. The minimum Gasteiger partial charge on any atom is -0.392 e. The summed E-state index contributed by atoms with van der Waals surface area (Å²) in [5.74, 6) is 0.0468. The molecule has 7 heteroatoms. The molecule has 18 heavy (non-hydrogen) atoms. The van der Waals surface area contributed by atoms with Crippen LogP contribution in [0.15, 0.2) is 0 Å². The van der Waals surface area contributed by atoms with Crippen molar-refractivity contribution in [3.05, 3.63) is 0 Å². The minimum absolute atomic E-state index is 0.0468. The van der Waals surface area contributed by atoms with Gasteiger partial charge in [-0.1, -0.05) is 31.5 Å². The minimum atomic E-state index is -3.35. The van der Waals surface area contributed by atoms with Crippen molar-refractivity contribution in [3.8, 4) is 0 Å². The van der Waals surface area contributed by atoms with Gasteiger partial charge in [-0.15, -0.1) is 0 Å². The van der Waals surface area contributed by atoms with Crippen molar-refractivity contribution in [3.63, 3.8) is 0 Å². The van der Waals surface area contributed by atoms with Crippen molar-refractivity contribution in [1.29, 1.82) is 0 Å². The van der Waals surface area contributed by atoms with Gasteiger partial charge in [0.15, 0.2) is 0 Å². The normalized spacial score (nSPS) is 19.6. The second kappa shape index (κ2) is 6.79. The number of ether oxygens (including phenoxy) is 1. The van der Waals surface area contributed by atoms with Crippen LogP contribution in [-0.4, -0.2) is 38.4 Å². The molecule has 0 atom stereocenters. The Morgan fingerprint density at radius 2 is 2.00 bits per heavy atom. The number of sulfonamides is 1. The average Bonchev–Trinajstić information content (AvgIpc) is 2.29. The Hall–Kier alpha value is -0.240. The summed E-state index contributed by atoms with van der Waals surface area (Å²) in [6, 6.07) is 0. The van der Waals surface area contributed by atoms with Crippen molar-refractivity contribution in [2.45, 2.75) is 44.1 Å². The molecule has 5 nitrogen and oxygen atoms in total. The van der Waals surface area contributed by atoms with Crippen LogP contribution in [0.3, 0.4) is 0 Å². The van der Waals surface area contributed by atoms with Gasteiger partial charge < -0.3 is 10.5 Å². The van der Waals surface area contributed by atoms with Crippen LogP contribution in [0.1, 0.15) is 38.5 Å². The van der Waals surface area contributed by atoms with E-state index in [1.807, 2.05) is 0 Å². The van der Waals surface area contributed by atoms with Crippen LogP contribution >= 0.6 is 12.2 Å². The second-order valence-electron chi connectivity index (χ2n) is 4.77. The number of hydrogen-bond donors (Lipinski definition) is 2. The lowest BCUT2D eigenvalue weighted by Crippen LogP contribution is -2.58. The molecule has 0 aliphatic heterocycles. The Morgan fingerprint density at radius 3 is 2.50 bits per heavy atom. The summed E-state index contributed by atoms with van der Waals surface area (Å²) < 4.78 is 31.6. The van der Waals surface area contributed by atoms with Gasteiger partial charge in [0.05, 0.1) is 16.3 Å². The molecule has 0 heterocycles. The first kappa shape index (κ1) is 15.8. The van der Waals surface area contributed by atoms with Crippen molar-refractivity contribution < 1.29 is 13.2 Å². The van der Waals surface area contributed by atoms with Crippen molar-refractivity contribution in [2.75, 3.05) is 19.5 Å². The SMILES string of the molecule is COCCCS(=O)(=O)NC1(C(N)=S)CCCCC1. The molecule has 0 aromatic rings. The summed E-state index contributed by atoms with van der Waals surface area (Å²) in [5, 5.41) is 0. The number of nitrogens with two attached hydrogens (primary N) is 1. The maximum absolute atomic E-state index is 12.0. The Morgan fingerprint density at radius 1 is 1.39 bits per heavy atom. The summed E-state index contributed by atoms with van der Waals surface area (Å²) in [4.78, 5) is 0.262. The van der Waals surface area contributed by atoms with E-state index >= 15 is 0 Å². The lowest BCUT2D eigenvalue weighted by molar-refractivity contribution is 0.199. The van der Waals surface area contributed by atoms with E-state index in [0.717, 1.165) is 19.3 Å². The van der Waals surface area contributed by atoms with Gasteiger partial charge in [0, 0.05) is 13.7 Å². The molecule has 106 valence electrons. The van der Waals surface area contributed by atoms with E-state index in [1.165, 1.54) is 0 Å². The molecular formula is C11H22N2O3S2. The number of thiocarbonyl (C=S) groups is 1. The van der Waals surface area contributed by atoms with Crippen LogP contribution in [0.4, 0.5) is 0 Å². The summed E-state index contributed by atoms with van der Waals surface area (Å²) in [6.45, 7) is 0.432. The molecule has 0 aromatic heterocycles. The highest BCUT2D eigenvalue weighted by molar-refractivity contribution is 7.89. The molecule has 0 radical (unpaired) electrons. The molecule has 0 spiro atoms. The van der Waals surface area contributed by atoms with Crippen LogP contribution in [-0.2, 0) is 14.8 Å². The van der Waals surface area contributed by atoms with Gasteiger partial charge in [-0.3, -0.25) is 0 Å². The number of hydrogen-bond acceptors (Lipinski definition) is 4. The number of rotatable bonds is 7. The first-order valence-electron chi connectivity index (χ1n) is 6.22. The molecule has 0 saturated heterocycles. The summed E-state index contributed by atoms with van der Waals surface area (Å²) in [6.07, 6.45) is 4.89. The molecular weight excluding hydrogens is 272 g/mol. The third-order valence-electron chi connectivity index (χ3n) is 3.29. The van der Waals surface area contributed by atoms with E-state index in [1.54, 1.807) is 7.11 Å². The average molecular weight is 294 g/mol. The Kier molecular flexibility index (Phi) is 5.97. The van der Waals surface area contributed by atoms with Gasteiger partial charge in [0.2, 0.25) is 10.0 Å². The lowest BCUT2D eigenvalue weighted by atomic mass is 9.82. The predicted octanol–water partition coefficient (Wildman–Crippen LogP) is 0.931. The zero-order valence-corrected chi connectivity index (χ0v) is 12.4. The smallest absolute Gasteiger partial charge is 0.212 e. The zero-order chi connectivity index (χ0) is 13.6. The molecule has 0 amide bonds. The quantitative estimate of drug-likeness (QED) is 0.539. The van der Waals surface area contributed by atoms with Gasteiger partial charge >= 0.3 is 0 Å². The third-order valence-corrected chi connectivity index (χ3v) is 5.21. The molecule has 3 N–H and O–H groups in total. The van der Waals surface area contributed by atoms with Crippen LogP contribution < -0.4 is 10.5 Å². The highest BCUT2D eigenvalue weighted by atomic mass is 32.2.